The topological polar surface area (TPSA) is 58.7 Å². The molecule has 1 heterocycles. The van der Waals surface area contributed by atoms with Gasteiger partial charge in [0.1, 0.15) is 11.9 Å². The van der Waals surface area contributed by atoms with Crippen LogP contribution in [0.15, 0.2) is 24.3 Å². The molecule has 1 aromatic carbocycles. The maximum Gasteiger partial charge on any atom is 0.338 e. The standard InChI is InChI=1S/C17H24NO4/c1-16(2)10-14(11-17(3,4)18(16)20)22-15(19)12-6-8-13(21-5)9-7-12/h6-9,14H,10-11H2,1-5H3. The first kappa shape index (κ1) is 16.8. The minimum absolute atomic E-state index is 0.259. The Morgan fingerprint density at radius 2 is 1.59 bits per heavy atom. The molecule has 0 amide bonds. The summed E-state index contributed by atoms with van der Waals surface area (Å²) < 4.78 is 10.7. The van der Waals surface area contributed by atoms with E-state index in [1.807, 2.05) is 27.7 Å². The third-order valence-corrected chi connectivity index (χ3v) is 4.15. The van der Waals surface area contributed by atoms with Gasteiger partial charge in [-0.15, -0.1) is 10.3 Å². The van der Waals surface area contributed by atoms with Crippen molar-refractivity contribution in [1.29, 1.82) is 0 Å². The van der Waals surface area contributed by atoms with Gasteiger partial charge in [0.25, 0.3) is 0 Å². The summed E-state index contributed by atoms with van der Waals surface area (Å²) in [5.41, 5.74) is -0.611. The number of piperidine rings is 1. The lowest BCUT2D eigenvalue weighted by Gasteiger charge is -2.49. The van der Waals surface area contributed by atoms with Gasteiger partial charge in [0.15, 0.2) is 0 Å². The van der Waals surface area contributed by atoms with Gasteiger partial charge in [-0.2, -0.15) is 0 Å². The molecule has 0 aliphatic carbocycles. The molecule has 121 valence electrons. The number of benzene rings is 1. The second-order valence-corrected chi connectivity index (χ2v) is 7.08. The first-order chi connectivity index (χ1) is 10.2. The Hall–Kier alpha value is -1.59. The number of nitrogens with zero attached hydrogens (tertiary/aromatic N) is 1. The molecule has 0 spiro atoms. The van der Waals surface area contributed by atoms with E-state index in [1.165, 1.54) is 0 Å². The molecule has 1 aliphatic heterocycles. The van der Waals surface area contributed by atoms with Crippen LogP contribution in [0.5, 0.6) is 5.75 Å². The first-order valence-corrected chi connectivity index (χ1v) is 7.48. The van der Waals surface area contributed by atoms with Crippen LogP contribution in [0.4, 0.5) is 0 Å². The van der Waals surface area contributed by atoms with Crippen LogP contribution in [0, 0.1) is 0 Å². The summed E-state index contributed by atoms with van der Waals surface area (Å²) >= 11 is 0. The molecule has 5 nitrogen and oxygen atoms in total. The highest BCUT2D eigenvalue weighted by atomic mass is 16.5. The van der Waals surface area contributed by atoms with E-state index in [1.54, 1.807) is 31.4 Å². The zero-order valence-corrected chi connectivity index (χ0v) is 13.9. The second-order valence-electron chi connectivity index (χ2n) is 7.08. The number of carbonyl (C=O) groups is 1. The normalized spacial score (nSPS) is 21.4. The van der Waals surface area contributed by atoms with Gasteiger partial charge in [-0.1, -0.05) is 0 Å². The third kappa shape index (κ3) is 3.42. The fraction of sp³-hybridized carbons (Fsp3) is 0.588. The van der Waals surface area contributed by atoms with Crippen LogP contribution < -0.4 is 4.74 Å². The Balaban J connectivity index is 2.08. The van der Waals surface area contributed by atoms with E-state index in [0.29, 0.717) is 24.2 Å². The summed E-state index contributed by atoms with van der Waals surface area (Å²) in [5, 5.41) is 13.4. The van der Waals surface area contributed by atoms with Crippen molar-refractivity contribution in [2.45, 2.75) is 57.7 Å². The van der Waals surface area contributed by atoms with E-state index in [-0.39, 0.29) is 12.1 Å². The van der Waals surface area contributed by atoms with Crippen molar-refractivity contribution < 1.29 is 19.5 Å². The van der Waals surface area contributed by atoms with Crippen molar-refractivity contribution in [3.05, 3.63) is 29.8 Å². The van der Waals surface area contributed by atoms with Crippen LogP contribution in [-0.2, 0) is 9.94 Å². The van der Waals surface area contributed by atoms with E-state index in [4.69, 9.17) is 9.47 Å². The molecule has 0 aromatic heterocycles. The van der Waals surface area contributed by atoms with E-state index in [9.17, 15) is 10.0 Å². The summed E-state index contributed by atoms with van der Waals surface area (Å²) in [6.07, 6.45) is 0.800. The number of rotatable bonds is 3. The Kier molecular flexibility index (Phi) is 4.49. The fourth-order valence-electron chi connectivity index (χ4n) is 3.20. The molecule has 1 saturated heterocycles. The van der Waals surface area contributed by atoms with Crippen LogP contribution in [0.1, 0.15) is 50.9 Å². The zero-order valence-electron chi connectivity index (χ0n) is 13.9. The number of ether oxygens (including phenoxy) is 2. The Bertz CT molecular complexity index is 518. The number of hydrogen-bond donors (Lipinski definition) is 0. The largest absolute Gasteiger partial charge is 0.497 e. The highest BCUT2D eigenvalue weighted by molar-refractivity contribution is 5.89. The minimum Gasteiger partial charge on any atom is -0.497 e. The summed E-state index contributed by atoms with van der Waals surface area (Å²) in [7, 11) is 1.58. The average Bonchev–Trinajstić information content (AvgIpc) is 2.44. The van der Waals surface area contributed by atoms with Gasteiger partial charge < -0.3 is 9.47 Å². The average molecular weight is 306 g/mol. The number of esters is 1. The molecular weight excluding hydrogens is 282 g/mol. The summed E-state index contributed by atoms with van der Waals surface area (Å²) in [4.78, 5) is 12.3. The lowest BCUT2D eigenvalue weighted by atomic mass is 9.80. The van der Waals surface area contributed by atoms with Crippen molar-refractivity contribution >= 4 is 5.97 Å². The first-order valence-electron chi connectivity index (χ1n) is 7.48. The van der Waals surface area contributed by atoms with Gasteiger partial charge >= 0.3 is 5.97 Å². The summed E-state index contributed by atoms with van der Waals surface area (Å²) in [5.74, 6) is 0.331. The van der Waals surface area contributed by atoms with Crippen molar-refractivity contribution in [3.8, 4) is 5.75 Å². The van der Waals surface area contributed by atoms with Crippen LogP contribution in [-0.4, -0.2) is 35.3 Å². The maximum absolute atomic E-state index is 12.3. The molecule has 0 N–H and O–H groups in total. The molecule has 2 rings (SSSR count). The molecule has 5 heteroatoms. The molecule has 1 radical (unpaired) electrons. The zero-order chi connectivity index (χ0) is 16.5. The van der Waals surface area contributed by atoms with E-state index >= 15 is 0 Å². The van der Waals surface area contributed by atoms with Gasteiger partial charge in [-0.25, -0.2) is 4.79 Å². The molecule has 0 atom stereocenters. The molecule has 1 aromatic rings. The lowest BCUT2D eigenvalue weighted by molar-refractivity contribution is -0.298. The predicted octanol–water partition coefficient (Wildman–Crippen LogP) is 3.22. The lowest BCUT2D eigenvalue weighted by Crippen LogP contribution is -2.60. The summed E-state index contributed by atoms with van der Waals surface area (Å²) in [6.45, 7) is 7.54. The highest BCUT2D eigenvalue weighted by Crippen LogP contribution is 2.38. The van der Waals surface area contributed by atoms with Crippen LogP contribution in [0.2, 0.25) is 0 Å². The second kappa shape index (κ2) is 5.89. The number of hydroxylamine groups is 2. The smallest absolute Gasteiger partial charge is 0.338 e. The Morgan fingerprint density at radius 3 is 2.05 bits per heavy atom. The van der Waals surface area contributed by atoms with Gasteiger partial charge in [0.05, 0.1) is 12.7 Å². The van der Waals surface area contributed by atoms with E-state index in [0.717, 1.165) is 5.06 Å². The monoisotopic (exact) mass is 306 g/mol. The van der Waals surface area contributed by atoms with Gasteiger partial charge in [0, 0.05) is 23.9 Å². The van der Waals surface area contributed by atoms with Crippen LogP contribution in [0.3, 0.4) is 0 Å². The summed E-state index contributed by atoms with van der Waals surface area (Å²) in [6, 6.07) is 6.82. The van der Waals surface area contributed by atoms with Crippen molar-refractivity contribution in [3.63, 3.8) is 0 Å². The SMILES string of the molecule is COc1ccc(C(=O)OC2CC(C)(C)N([O])C(C)(C)C2)cc1. The molecule has 22 heavy (non-hydrogen) atoms. The van der Waals surface area contributed by atoms with Crippen molar-refractivity contribution in [2.24, 2.45) is 0 Å². The molecule has 0 bridgehead atoms. The van der Waals surface area contributed by atoms with Gasteiger partial charge in [-0.05, 0) is 52.0 Å². The molecule has 1 fully saturated rings. The molecule has 0 unspecified atom stereocenters. The van der Waals surface area contributed by atoms with Crippen LogP contribution in [0.25, 0.3) is 0 Å². The fourth-order valence-corrected chi connectivity index (χ4v) is 3.20. The Labute approximate surface area is 131 Å². The van der Waals surface area contributed by atoms with Crippen molar-refractivity contribution in [2.75, 3.05) is 7.11 Å². The van der Waals surface area contributed by atoms with E-state index in [2.05, 4.69) is 0 Å². The molecular formula is C17H24NO4. The third-order valence-electron chi connectivity index (χ3n) is 4.15. The number of carbonyl (C=O) groups excluding carboxylic acids is 1. The number of hydrogen-bond acceptors (Lipinski definition) is 4. The van der Waals surface area contributed by atoms with Crippen LogP contribution >= 0.6 is 0 Å². The van der Waals surface area contributed by atoms with Gasteiger partial charge in [-0.3, -0.25) is 0 Å². The molecule has 0 saturated carbocycles. The maximum atomic E-state index is 12.3. The highest BCUT2D eigenvalue weighted by Gasteiger charge is 2.47. The molecule has 1 aliphatic rings. The Morgan fingerprint density at radius 1 is 1.09 bits per heavy atom. The quantitative estimate of drug-likeness (QED) is 0.805. The minimum atomic E-state index is -0.549. The van der Waals surface area contributed by atoms with Crippen molar-refractivity contribution in [1.82, 2.24) is 5.06 Å². The predicted molar refractivity (Wildman–Crippen MR) is 82.1 cm³/mol. The van der Waals surface area contributed by atoms with Gasteiger partial charge in [0.2, 0.25) is 0 Å². The van der Waals surface area contributed by atoms with E-state index < -0.39 is 11.1 Å². The number of methoxy groups -OCH3 is 1.